The van der Waals surface area contributed by atoms with Crippen molar-refractivity contribution in [1.82, 2.24) is 25.0 Å². The Morgan fingerprint density at radius 2 is 2.08 bits per heavy atom. The van der Waals surface area contributed by atoms with Gasteiger partial charge in [0, 0.05) is 38.9 Å². The van der Waals surface area contributed by atoms with Crippen molar-refractivity contribution in [3.8, 4) is 0 Å². The van der Waals surface area contributed by atoms with Gasteiger partial charge in [0.1, 0.15) is 12.3 Å². The molecule has 2 rings (SSSR count). The number of oxazole rings is 1. The zero-order chi connectivity index (χ0) is 18.6. The smallest absolute Gasteiger partial charge is 0.216 e. The molecular formula is C18H31IN6O. The Balaban J connectivity index is 0.00000338. The molecule has 1 N–H and O–H groups in total. The van der Waals surface area contributed by atoms with Crippen molar-refractivity contribution in [3.63, 3.8) is 0 Å². The summed E-state index contributed by atoms with van der Waals surface area (Å²) < 4.78 is 7.49. The second kappa shape index (κ2) is 9.94. The van der Waals surface area contributed by atoms with Gasteiger partial charge in [-0.3, -0.25) is 4.68 Å². The first-order chi connectivity index (χ1) is 11.8. The van der Waals surface area contributed by atoms with E-state index in [2.05, 4.69) is 52.3 Å². The maximum Gasteiger partial charge on any atom is 0.216 e. The molecule has 2 aromatic rings. The highest BCUT2D eigenvalue weighted by Crippen LogP contribution is 2.18. The van der Waals surface area contributed by atoms with Crippen LogP contribution in [0.15, 0.2) is 15.6 Å². The van der Waals surface area contributed by atoms with E-state index in [0.29, 0.717) is 18.4 Å². The maximum absolute atomic E-state index is 5.62. The third kappa shape index (κ3) is 5.72. The lowest BCUT2D eigenvalue weighted by Gasteiger charge is -2.22. The van der Waals surface area contributed by atoms with Crippen LogP contribution in [0.1, 0.15) is 55.3 Å². The van der Waals surface area contributed by atoms with Crippen LogP contribution in [-0.2, 0) is 20.1 Å². The molecule has 0 bridgehead atoms. The van der Waals surface area contributed by atoms with E-state index in [9.17, 15) is 0 Å². The van der Waals surface area contributed by atoms with Crippen LogP contribution in [0, 0.1) is 13.8 Å². The monoisotopic (exact) mass is 474 g/mol. The van der Waals surface area contributed by atoms with E-state index in [1.807, 2.05) is 32.6 Å². The molecule has 0 aromatic carbocycles. The van der Waals surface area contributed by atoms with Gasteiger partial charge >= 0.3 is 0 Å². The van der Waals surface area contributed by atoms with Crippen molar-refractivity contribution in [1.29, 1.82) is 0 Å². The number of aryl methyl sites for hydroxylation is 3. The van der Waals surface area contributed by atoms with Gasteiger partial charge in [-0.25, -0.2) is 9.98 Å². The van der Waals surface area contributed by atoms with Gasteiger partial charge in [0.05, 0.1) is 11.4 Å². The first kappa shape index (κ1) is 22.5. The summed E-state index contributed by atoms with van der Waals surface area (Å²) in [6.07, 6.45) is 2.08. The molecule has 26 heavy (non-hydrogen) atoms. The molecule has 0 unspecified atom stereocenters. The van der Waals surface area contributed by atoms with Crippen LogP contribution < -0.4 is 5.32 Å². The van der Waals surface area contributed by atoms with Gasteiger partial charge in [-0.15, -0.1) is 24.0 Å². The fourth-order valence-corrected chi connectivity index (χ4v) is 2.71. The Labute approximate surface area is 173 Å². The van der Waals surface area contributed by atoms with E-state index >= 15 is 0 Å². The van der Waals surface area contributed by atoms with Crippen LogP contribution >= 0.6 is 24.0 Å². The van der Waals surface area contributed by atoms with Crippen molar-refractivity contribution in [2.45, 2.75) is 53.6 Å². The SMILES string of the molecule is CCNC(=NCc1nc(C)c(C)o1)N(C)Cc1cn(C)nc1C(C)C.I. The second-order valence-electron chi connectivity index (χ2n) is 6.64. The topological polar surface area (TPSA) is 71.5 Å². The first-order valence-corrected chi connectivity index (χ1v) is 8.76. The van der Waals surface area contributed by atoms with E-state index in [1.165, 1.54) is 5.56 Å². The Kier molecular flexibility index (Phi) is 8.58. The Hall–Kier alpha value is -1.58. The Morgan fingerprint density at radius 3 is 2.62 bits per heavy atom. The molecule has 0 saturated heterocycles. The zero-order valence-corrected chi connectivity index (χ0v) is 19.2. The van der Waals surface area contributed by atoms with Crippen LogP contribution in [-0.4, -0.2) is 39.2 Å². The number of halogens is 1. The largest absolute Gasteiger partial charge is 0.444 e. The van der Waals surface area contributed by atoms with E-state index in [4.69, 9.17) is 4.42 Å². The predicted molar refractivity (Wildman–Crippen MR) is 115 cm³/mol. The van der Waals surface area contributed by atoms with Gasteiger partial charge in [0.25, 0.3) is 0 Å². The highest BCUT2D eigenvalue weighted by atomic mass is 127. The average Bonchev–Trinajstić information content (AvgIpc) is 3.06. The molecule has 0 aliphatic rings. The summed E-state index contributed by atoms with van der Waals surface area (Å²) in [5.74, 6) is 2.71. The summed E-state index contributed by atoms with van der Waals surface area (Å²) >= 11 is 0. The van der Waals surface area contributed by atoms with E-state index in [0.717, 1.165) is 36.2 Å². The highest BCUT2D eigenvalue weighted by Gasteiger charge is 2.15. The molecule has 0 saturated carbocycles. The summed E-state index contributed by atoms with van der Waals surface area (Å²) in [6, 6.07) is 0. The van der Waals surface area contributed by atoms with Crippen LogP contribution in [0.5, 0.6) is 0 Å². The van der Waals surface area contributed by atoms with Gasteiger partial charge in [-0.05, 0) is 26.7 Å². The summed E-state index contributed by atoms with van der Waals surface area (Å²) in [4.78, 5) is 11.2. The van der Waals surface area contributed by atoms with Crippen LogP contribution in [0.2, 0.25) is 0 Å². The number of rotatable bonds is 6. The molecule has 0 atom stereocenters. The molecule has 0 spiro atoms. The quantitative estimate of drug-likeness (QED) is 0.395. The molecule has 0 amide bonds. The third-order valence-corrected chi connectivity index (χ3v) is 4.02. The minimum absolute atomic E-state index is 0. The van der Waals surface area contributed by atoms with E-state index < -0.39 is 0 Å². The number of nitrogens with zero attached hydrogens (tertiary/aromatic N) is 5. The minimum atomic E-state index is 0. The fourth-order valence-electron chi connectivity index (χ4n) is 2.71. The van der Waals surface area contributed by atoms with Gasteiger partial charge < -0.3 is 14.6 Å². The minimum Gasteiger partial charge on any atom is -0.444 e. The molecule has 0 radical (unpaired) electrons. The van der Waals surface area contributed by atoms with E-state index in [1.54, 1.807) is 0 Å². The lowest BCUT2D eigenvalue weighted by atomic mass is 10.1. The van der Waals surface area contributed by atoms with E-state index in [-0.39, 0.29) is 24.0 Å². The molecule has 0 fully saturated rings. The molecule has 0 aliphatic carbocycles. The van der Waals surface area contributed by atoms with Gasteiger partial charge in [-0.1, -0.05) is 13.8 Å². The van der Waals surface area contributed by atoms with Crippen molar-refractivity contribution >= 4 is 29.9 Å². The second-order valence-corrected chi connectivity index (χ2v) is 6.64. The number of aliphatic imine (C=N–C) groups is 1. The highest BCUT2D eigenvalue weighted by molar-refractivity contribution is 14.0. The van der Waals surface area contributed by atoms with Crippen molar-refractivity contribution in [2.75, 3.05) is 13.6 Å². The third-order valence-electron chi connectivity index (χ3n) is 4.02. The maximum atomic E-state index is 5.62. The molecule has 2 heterocycles. The Bertz CT molecular complexity index is 715. The number of hydrogen-bond acceptors (Lipinski definition) is 4. The molecular weight excluding hydrogens is 443 g/mol. The fraction of sp³-hybridized carbons (Fsp3) is 0.611. The molecule has 7 nitrogen and oxygen atoms in total. The van der Waals surface area contributed by atoms with Gasteiger partial charge in [0.2, 0.25) is 5.89 Å². The number of aromatic nitrogens is 3. The lowest BCUT2D eigenvalue weighted by Crippen LogP contribution is -2.38. The number of guanidine groups is 1. The van der Waals surface area contributed by atoms with Crippen LogP contribution in [0.4, 0.5) is 0 Å². The Morgan fingerprint density at radius 1 is 1.38 bits per heavy atom. The average molecular weight is 474 g/mol. The normalized spacial score (nSPS) is 11.6. The van der Waals surface area contributed by atoms with Crippen LogP contribution in [0.25, 0.3) is 0 Å². The lowest BCUT2D eigenvalue weighted by molar-refractivity contribution is 0.456. The van der Waals surface area contributed by atoms with Crippen LogP contribution in [0.3, 0.4) is 0 Å². The first-order valence-electron chi connectivity index (χ1n) is 8.76. The molecule has 146 valence electrons. The van der Waals surface area contributed by atoms with Crippen molar-refractivity contribution < 1.29 is 4.42 Å². The molecule has 8 heteroatoms. The molecule has 2 aromatic heterocycles. The van der Waals surface area contributed by atoms with Gasteiger partial charge in [0.15, 0.2) is 5.96 Å². The van der Waals surface area contributed by atoms with Crippen molar-refractivity contribution in [2.24, 2.45) is 12.0 Å². The zero-order valence-electron chi connectivity index (χ0n) is 16.8. The summed E-state index contributed by atoms with van der Waals surface area (Å²) in [5, 5.41) is 7.91. The number of hydrogen-bond donors (Lipinski definition) is 1. The predicted octanol–water partition coefficient (Wildman–Crippen LogP) is 3.36. The summed E-state index contributed by atoms with van der Waals surface area (Å²) in [5.41, 5.74) is 3.26. The summed E-state index contributed by atoms with van der Waals surface area (Å²) in [7, 11) is 3.99. The van der Waals surface area contributed by atoms with Crippen molar-refractivity contribution in [3.05, 3.63) is 34.8 Å². The van der Waals surface area contributed by atoms with Gasteiger partial charge in [-0.2, -0.15) is 5.10 Å². The number of nitrogens with one attached hydrogen (secondary N) is 1. The standard InChI is InChI=1S/C18H30N6O.HI/c1-8-19-18(20-9-16-21-13(4)14(5)25-16)23(6)10-15-11-24(7)22-17(15)12(2)3;/h11-12H,8-10H2,1-7H3,(H,19,20);1H. The summed E-state index contributed by atoms with van der Waals surface area (Å²) in [6.45, 7) is 12.2. The molecule has 0 aliphatic heterocycles.